The molecule has 0 radical (unpaired) electrons. The minimum atomic E-state index is -1.53. The fourth-order valence-electron chi connectivity index (χ4n) is 3.35. The van der Waals surface area contributed by atoms with Crippen LogP contribution in [0, 0.1) is 3.57 Å². The smallest absolute Gasteiger partial charge is 0.333 e. The summed E-state index contributed by atoms with van der Waals surface area (Å²) in [5, 5.41) is 26.6. The molecule has 2 rings (SSSR count). The first kappa shape index (κ1) is 28.3. The van der Waals surface area contributed by atoms with Crippen LogP contribution in [0.25, 0.3) is 11.1 Å². The van der Waals surface area contributed by atoms with Crippen molar-refractivity contribution in [3.63, 3.8) is 0 Å². The quantitative estimate of drug-likeness (QED) is 0.260. The van der Waals surface area contributed by atoms with Crippen molar-refractivity contribution in [1.82, 2.24) is 10.6 Å². The molecule has 0 unspecified atom stereocenters. The molecule has 4 N–H and O–H groups in total. The molecule has 2 amide bonds. The van der Waals surface area contributed by atoms with Gasteiger partial charge in [-0.25, -0.2) is 9.59 Å². The molecular weight excluding hydrogens is 595 g/mol. The molecule has 2 aromatic rings. The van der Waals surface area contributed by atoms with Gasteiger partial charge in [0.05, 0.1) is 17.8 Å². The van der Waals surface area contributed by atoms with Crippen LogP contribution in [0.15, 0.2) is 30.3 Å². The molecule has 0 aromatic heterocycles. The number of benzene rings is 2. The highest BCUT2D eigenvalue weighted by Crippen LogP contribution is 2.38. The van der Waals surface area contributed by atoms with E-state index >= 15 is 0 Å². The highest BCUT2D eigenvalue weighted by atomic mass is 127. The molecule has 0 aliphatic heterocycles. The van der Waals surface area contributed by atoms with Crippen LogP contribution < -0.4 is 10.6 Å². The molecule has 0 bridgehead atoms. The molecule has 0 spiro atoms. The molecule has 3 atom stereocenters. The van der Waals surface area contributed by atoms with E-state index in [1.165, 1.54) is 51.3 Å². The van der Waals surface area contributed by atoms with Gasteiger partial charge < -0.3 is 30.3 Å². The Bertz CT molecular complexity index is 1160. The van der Waals surface area contributed by atoms with E-state index in [0.29, 0.717) is 14.7 Å². The lowest BCUT2D eigenvalue weighted by Gasteiger charge is -2.23. The van der Waals surface area contributed by atoms with Crippen LogP contribution >= 0.6 is 34.2 Å². The number of aromatic hydroxyl groups is 1. The van der Waals surface area contributed by atoms with Gasteiger partial charge in [0.15, 0.2) is 12.1 Å². The Hall–Kier alpha value is -2.90. The van der Waals surface area contributed by atoms with E-state index in [4.69, 9.17) is 16.3 Å². The van der Waals surface area contributed by atoms with Crippen molar-refractivity contribution in [2.75, 3.05) is 14.2 Å². The van der Waals surface area contributed by atoms with Gasteiger partial charge in [-0.2, -0.15) is 0 Å². The molecule has 0 fully saturated rings. The maximum Gasteiger partial charge on any atom is 0.333 e. The van der Waals surface area contributed by atoms with Gasteiger partial charge in [-0.1, -0.05) is 11.6 Å². The second kappa shape index (κ2) is 12.2. The highest BCUT2D eigenvalue weighted by Gasteiger charge is 2.31. The van der Waals surface area contributed by atoms with Gasteiger partial charge in [0, 0.05) is 24.4 Å². The van der Waals surface area contributed by atoms with Crippen LogP contribution in [0.1, 0.15) is 37.1 Å². The number of amides is 2. The van der Waals surface area contributed by atoms with Crippen molar-refractivity contribution < 1.29 is 38.9 Å². The Morgan fingerprint density at radius 3 is 2.06 bits per heavy atom. The molecule has 0 saturated heterocycles. The van der Waals surface area contributed by atoms with Gasteiger partial charge in [-0.3, -0.25) is 9.59 Å². The fraction of sp³-hybridized carbons (Fsp3) is 0.304. The Kier molecular flexibility index (Phi) is 9.86. The van der Waals surface area contributed by atoms with Gasteiger partial charge in [0.1, 0.15) is 11.9 Å². The summed E-state index contributed by atoms with van der Waals surface area (Å²) in [5.41, 5.74) is 1.05. The second-order valence-electron chi connectivity index (χ2n) is 7.48. The number of hydrogen-bond acceptors (Lipinski definition) is 8. The third kappa shape index (κ3) is 7.05. The zero-order chi connectivity index (χ0) is 26.4. The summed E-state index contributed by atoms with van der Waals surface area (Å²) in [4.78, 5) is 47.7. The van der Waals surface area contributed by atoms with E-state index < -0.39 is 41.9 Å². The number of rotatable bonds is 8. The first-order valence-corrected chi connectivity index (χ1v) is 11.6. The largest absolute Gasteiger partial charge is 0.506 e. The number of hydrogen-bond donors (Lipinski definition) is 4. The monoisotopic (exact) mass is 618 g/mol. The number of phenolic OH excluding ortho intramolecular Hbond substituents is 1. The number of methoxy groups -OCH3 is 2. The Morgan fingerprint density at radius 2 is 1.51 bits per heavy atom. The fourth-order valence-corrected chi connectivity index (χ4v) is 4.24. The van der Waals surface area contributed by atoms with Crippen LogP contribution in [0.2, 0.25) is 5.02 Å². The van der Waals surface area contributed by atoms with Crippen LogP contribution in [0.4, 0.5) is 0 Å². The summed E-state index contributed by atoms with van der Waals surface area (Å²) in [6, 6.07) is 4.81. The van der Waals surface area contributed by atoms with Crippen molar-refractivity contribution in [3.8, 4) is 16.9 Å². The predicted octanol–water partition coefficient (Wildman–Crippen LogP) is 2.38. The zero-order valence-electron chi connectivity index (χ0n) is 19.2. The van der Waals surface area contributed by atoms with Gasteiger partial charge in [-0.15, -0.1) is 0 Å². The van der Waals surface area contributed by atoms with E-state index in [9.17, 15) is 29.4 Å². The number of nitrogens with one attached hydrogen (secondary N) is 2. The minimum absolute atomic E-state index is 0.144. The number of aliphatic hydroxyl groups is 1. The molecule has 12 heteroatoms. The third-order valence-electron chi connectivity index (χ3n) is 4.91. The normalized spacial score (nSPS) is 13.2. The Balaban J connectivity index is 2.64. The lowest BCUT2D eigenvalue weighted by atomic mass is 9.94. The molecule has 188 valence electrons. The molecule has 2 aromatic carbocycles. The summed E-state index contributed by atoms with van der Waals surface area (Å²) in [7, 11) is 2.30. The topological polar surface area (TPSA) is 151 Å². The average Bonchev–Trinajstić information content (AvgIpc) is 2.80. The van der Waals surface area contributed by atoms with Gasteiger partial charge in [-0.05, 0) is 69.6 Å². The number of phenols is 1. The van der Waals surface area contributed by atoms with Crippen LogP contribution in [0.3, 0.4) is 0 Å². The molecular formula is C23H24ClIN2O8. The average molecular weight is 619 g/mol. The molecule has 0 saturated carbocycles. The number of halogens is 2. The van der Waals surface area contributed by atoms with E-state index in [2.05, 4.69) is 15.4 Å². The molecule has 10 nitrogen and oxygen atoms in total. The lowest BCUT2D eigenvalue weighted by Crippen LogP contribution is -2.44. The van der Waals surface area contributed by atoms with Crippen LogP contribution in [-0.2, 0) is 28.7 Å². The van der Waals surface area contributed by atoms with Crippen molar-refractivity contribution in [2.24, 2.45) is 0 Å². The number of ether oxygens (including phenoxy) is 2. The third-order valence-corrected chi connectivity index (χ3v) is 5.95. The summed E-state index contributed by atoms with van der Waals surface area (Å²) in [5.74, 6) is -2.76. The lowest BCUT2D eigenvalue weighted by molar-refractivity contribution is -0.148. The van der Waals surface area contributed by atoms with Crippen LogP contribution in [-0.4, -0.2) is 54.2 Å². The van der Waals surface area contributed by atoms with Crippen molar-refractivity contribution >= 4 is 57.9 Å². The summed E-state index contributed by atoms with van der Waals surface area (Å²) in [6.45, 7) is 2.43. The highest BCUT2D eigenvalue weighted by molar-refractivity contribution is 14.1. The maximum absolute atomic E-state index is 12.3. The van der Waals surface area contributed by atoms with E-state index in [1.807, 2.05) is 22.6 Å². The summed E-state index contributed by atoms with van der Waals surface area (Å²) < 4.78 is 9.83. The van der Waals surface area contributed by atoms with E-state index in [-0.39, 0.29) is 21.9 Å². The minimum Gasteiger partial charge on any atom is -0.506 e. The summed E-state index contributed by atoms with van der Waals surface area (Å²) in [6.07, 6.45) is -1.53. The number of carbonyl (C=O) groups excluding carboxylic acids is 4. The SMILES string of the molecule is COC(=O)[C@@H](NC(C)=O)[C@H](O)c1cc(Cl)cc(-c2cc([C@@H](NC(C)=O)C(=O)OC)cc(I)c2O)c1. The molecule has 35 heavy (non-hydrogen) atoms. The van der Waals surface area contributed by atoms with E-state index in [1.54, 1.807) is 0 Å². The molecule has 0 heterocycles. The van der Waals surface area contributed by atoms with E-state index in [0.717, 1.165) is 7.11 Å². The number of esters is 2. The second-order valence-corrected chi connectivity index (χ2v) is 9.07. The molecule has 0 aliphatic carbocycles. The van der Waals surface area contributed by atoms with Gasteiger partial charge >= 0.3 is 11.9 Å². The van der Waals surface area contributed by atoms with Crippen molar-refractivity contribution in [2.45, 2.75) is 32.0 Å². The van der Waals surface area contributed by atoms with Gasteiger partial charge in [0.25, 0.3) is 0 Å². The first-order chi connectivity index (χ1) is 16.4. The Morgan fingerprint density at radius 1 is 0.914 bits per heavy atom. The Labute approximate surface area is 220 Å². The van der Waals surface area contributed by atoms with Crippen LogP contribution in [0.5, 0.6) is 5.75 Å². The maximum atomic E-state index is 12.3. The number of aliphatic hydroxyl groups excluding tert-OH is 1. The molecule has 0 aliphatic rings. The number of carbonyl (C=O) groups is 4. The first-order valence-electron chi connectivity index (χ1n) is 10.1. The summed E-state index contributed by atoms with van der Waals surface area (Å²) >= 11 is 8.14. The standard InChI is InChI=1S/C23H24ClIN2O8/c1-10(28)26-18(22(32)34-3)13-8-16(21(31)17(25)9-13)12-5-14(7-15(24)6-12)20(30)19(23(33)35-4)27-11(2)29/h5-9,18-20,30-31H,1-4H3,(H,26,28)(H,27,29)/t18-,19+,20-/m1/s1. The zero-order valence-corrected chi connectivity index (χ0v) is 22.1. The van der Waals surface area contributed by atoms with Crippen molar-refractivity contribution in [3.05, 3.63) is 50.1 Å². The predicted molar refractivity (Wildman–Crippen MR) is 134 cm³/mol. The van der Waals surface area contributed by atoms with Gasteiger partial charge in [0.2, 0.25) is 11.8 Å². The van der Waals surface area contributed by atoms with Crippen molar-refractivity contribution in [1.29, 1.82) is 0 Å².